The molecule has 0 saturated heterocycles. The van der Waals surface area contributed by atoms with Crippen LogP contribution in [0.1, 0.15) is 0 Å². The smallest absolute Gasteiger partial charge is 0.300 e. The lowest BCUT2D eigenvalue weighted by Gasteiger charge is -2.02. The Morgan fingerprint density at radius 1 is 1.21 bits per heavy atom. The zero-order chi connectivity index (χ0) is 13.4. The summed E-state index contributed by atoms with van der Waals surface area (Å²) in [6, 6.07) is 9.49. The number of hydrogen-bond donors (Lipinski definition) is 2. The SMILES string of the molecule is Nc1ccc2oc(Nc3cc(F)cc(Cl)c3)nc2c1. The summed E-state index contributed by atoms with van der Waals surface area (Å²) in [6.07, 6.45) is 0. The second kappa shape index (κ2) is 4.44. The van der Waals surface area contributed by atoms with Crippen molar-refractivity contribution >= 4 is 40.1 Å². The van der Waals surface area contributed by atoms with Gasteiger partial charge in [0.2, 0.25) is 0 Å². The zero-order valence-electron chi connectivity index (χ0n) is 9.65. The highest BCUT2D eigenvalue weighted by Gasteiger charge is 2.07. The maximum atomic E-state index is 13.2. The predicted octanol–water partition coefficient (Wildman–Crippen LogP) is 3.95. The molecule has 3 aromatic rings. The first kappa shape index (κ1) is 11.8. The van der Waals surface area contributed by atoms with E-state index in [0.717, 1.165) is 0 Å². The molecule has 1 heterocycles. The van der Waals surface area contributed by atoms with Crippen LogP contribution in [-0.4, -0.2) is 4.98 Å². The summed E-state index contributed by atoms with van der Waals surface area (Å²) in [5.74, 6) is -0.435. The van der Waals surface area contributed by atoms with Crippen molar-refractivity contribution in [3.63, 3.8) is 0 Å². The van der Waals surface area contributed by atoms with E-state index >= 15 is 0 Å². The first-order valence-corrected chi connectivity index (χ1v) is 5.87. The molecule has 3 N–H and O–H groups in total. The highest BCUT2D eigenvalue weighted by atomic mass is 35.5. The van der Waals surface area contributed by atoms with Crippen molar-refractivity contribution in [3.05, 3.63) is 47.2 Å². The van der Waals surface area contributed by atoms with Crippen molar-refractivity contribution in [2.75, 3.05) is 11.1 Å². The monoisotopic (exact) mass is 277 g/mol. The Morgan fingerprint density at radius 2 is 2.05 bits per heavy atom. The maximum absolute atomic E-state index is 13.2. The van der Waals surface area contributed by atoms with Gasteiger partial charge in [0.15, 0.2) is 5.58 Å². The molecule has 0 atom stereocenters. The van der Waals surface area contributed by atoms with Gasteiger partial charge in [0.05, 0.1) is 0 Å². The minimum Gasteiger partial charge on any atom is -0.423 e. The number of nitrogens with two attached hydrogens (primary N) is 1. The maximum Gasteiger partial charge on any atom is 0.300 e. The second-order valence-corrected chi connectivity index (χ2v) is 4.47. The van der Waals surface area contributed by atoms with Crippen LogP contribution >= 0.6 is 11.6 Å². The fourth-order valence-electron chi connectivity index (χ4n) is 1.75. The molecule has 0 spiro atoms. The number of aromatic nitrogens is 1. The quantitative estimate of drug-likeness (QED) is 0.696. The van der Waals surface area contributed by atoms with Gasteiger partial charge >= 0.3 is 0 Å². The van der Waals surface area contributed by atoms with Gasteiger partial charge in [-0.1, -0.05) is 11.6 Å². The minimum atomic E-state index is -0.435. The molecule has 0 saturated carbocycles. The number of hydrogen-bond acceptors (Lipinski definition) is 4. The molecule has 0 aliphatic carbocycles. The molecule has 0 radical (unpaired) electrons. The van der Waals surface area contributed by atoms with Crippen molar-refractivity contribution in [1.29, 1.82) is 0 Å². The lowest BCUT2D eigenvalue weighted by molar-refractivity contribution is 0.620. The Bertz CT molecular complexity index is 736. The van der Waals surface area contributed by atoms with Gasteiger partial charge in [0.25, 0.3) is 6.01 Å². The summed E-state index contributed by atoms with van der Waals surface area (Å²) in [7, 11) is 0. The standard InChI is InChI=1S/C13H9ClFN3O/c14-7-3-8(15)5-10(4-7)17-13-18-11-6-9(16)1-2-12(11)19-13/h1-6H,16H2,(H,17,18). The number of nitrogen functional groups attached to an aromatic ring is 1. The lowest BCUT2D eigenvalue weighted by atomic mass is 10.3. The average molecular weight is 278 g/mol. The van der Waals surface area contributed by atoms with Crippen LogP contribution in [0.4, 0.5) is 21.8 Å². The van der Waals surface area contributed by atoms with Crippen molar-refractivity contribution in [2.45, 2.75) is 0 Å². The van der Waals surface area contributed by atoms with Crippen LogP contribution in [0.15, 0.2) is 40.8 Å². The molecule has 19 heavy (non-hydrogen) atoms. The third kappa shape index (κ3) is 2.46. The fourth-order valence-corrected chi connectivity index (χ4v) is 1.97. The number of nitrogens with one attached hydrogen (secondary N) is 1. The lowest BCUT2D eigenvalue weighted by Crippen LogP contribution is -1.91. The van der Waals surface area contributed by atoms with E-state index in [1.54, 1.807) is 24.3 Å². The van der Waals surface area contributed by atoms with E-state index in [2.05, 4.69) is 10.3 Å². The molecular formula is C13H9ClFN3O. The molecule has 2 aromatic carbocycles. The Labute approximate surface area is 113 Å². The largest absolute Gasteiger partial charge is 0.423 e. The van der Waals surface area contributed by atoms with Gasteiger partial charge in [-0.3, -0.25) is 0 Å². The molecule has 0 amide bonds. The first-order chi connectivity index (χ1) is 9.10. The van der Waals surface area contributed by atoms with Crippen LogP contribution in [0.2, 0.25) is 5.02 Å². The van der Waals surface area contributed by atoms with E-state index in [1.807, 2.05) is 0 Å². The number of rotatable bonds is 2. The molecule has 3 rings (SSSR count). The number of oxazole rings is 1. The van der Waals surface area contributed by atoms with Gasteiger partial charge in [-0.15, -0.1) is 0 Å². The van der Waals surface area contributed by atoms with Gasteiger partial charge in [-0.2, -0.15) is 4.98 Å². The Morgan fingerprint density at radius 3 is 2.84 bits per heavy atom. The van der Waals surface area contributed by atoms with E-state index in [0.29, 0.717) is 27.5 Å². The topological polar surface area (TPSA) is 64.1 Å². The number of benzene rings is 2. The Kier molecular flexibility index (Phi) is 2.76. The Balaban J connectivity index is 1.96. The highest BCUT2D eigenvalue weighted by molar-refractivity contribution is 6.30. The van der Waals surface area contributed by atoms with Crippen molar-refractivity contribution in [2.24, 2.45) is 0 Å². The molecule has 4 nitrogen and oxygen atoms in total. The van der Waals surface area contributed by atoms with Crippen LogP contribution in [0.5, 0.6) is 0 Å². The molecule has 0 bridgehead atoms. The van der Waals surface area contributed by atoms with Gasteiger partial charge < -0.3 is 15.5 Å². The predicted molar refractivity (Wildman–Crippen MR) is 73.1 cm³/mol. The summed E-state index contributed by atoms with van der Waals surface area (Å²) in [6.45, 7) is 0. The van der Waals surface area contributed by atoms with E-state index in [4.69, 9.17) is 21.8 Å². The third-order valence-corrected chi connectivity index (χ3v) is 2.74. The summed E-state index contributed by atoms with van der Waals surface area (Å²) >= 11 is 5.77. The molecule has 0 aliphatic heterocycles. The number of fused-ring (bicyclic) bond motifs is 1. The normalized spacial score (nSPS) is 10.8. The van der Waals surface area contributed by atoms with Crippen molar-refractivity contribution in [1.82, 2.24) is 4.98 Å². The van der Waals surface area contributed by atoms with E-state index in [1.165, 1.54) is 12.1 Å². The van der Waals surface area contributed by atoms with Crippen LogP contribution in [0.3, 0.4) is 0 Å². The average Bonchev–Trinajstić information content (AvgIpc) is 2.68. The highest BCUT2D eigenvalue weighted by Crippen LogP contribution is 2.25. The summed E-state index contributed by atoms with van der Waals surface area (Å²) < 4.78 is 18.7. The van der Waals surface area contributed by atoms with Gasteiger partial charge in [-0.25, -0.2) is 4.39 Å². The van der Waals surface area contributed by atoms with Crippen molar-refractivity contribution in [3.8, 4) is 0 Å². The first-order valence-electron chi connectivity index (χ1n) is 5.49. The summed E-state index contributed by atoms with van der Waals surface area (Å²) in [5, 5.41) is 3.15. The van der Waals surface area contributed by atoms with Gasteiger partial charge in [0.1, 0.15) is 11.3 Å². The molecule has 1 aromatic heterocycles. The zero-order valence-corrected chi connectivity index (χ0v) is 10.4. The number of anilines is 3. The van der Waals surface area contributed by atoms with E-state index < -0.39 is 5.82 Å². The van der Waals surface area contributed by atoms with Gasteiger partial charge in [0, 0.05) is 16.4 Å². The van der Waals surface area contributed by atoms with Crippen LogP contribution in [0, 0.1) is 5.82 Å². The molecule has 96 valence electrons. The van der Waals surface area contributed by atoms with E-state index in [-0.39, 0.29) is 6.01 Å². The van der Waals surface area contributed by atoms with Crippen LogP contribution in [0.25, 0.3) is 11.1 Å². The van der Waals surface area contributed by atoms with Gasteiger partial charge in [-0.05, 0) is 36.4 Å². The summed E-state index contributed by atoms with van der Waals surface area (Å²) in [5.41, 5.74) is 7.94. The summed E-state index contributed by atoms with van der Waals surface area (Å²) in [4.78, 5) is 4.20. The molecule has 6 heteroatoms. The number of halogens is 2. The van der Waals surface area contributed by atoms with Crippen LogP contribution in [-0.2, 0) is 0 Å². The molecule has 0 aliphatic rings. The van der Waals surface area contributed by atoms with Crippen LogP contribution < -0.4 is 11.1 Å². The molecule has 0 fully saturated rings. The fraction of sp³-hybridized carbons (Fsp3) is 0. The Hall–Kier alpha value is -2.27. The molecular weight excluding hydrogens is 269 g/mol. The minimum absolute atomic E-state index is 0.252. The van der Waals surface area contributed by atoms with E-state index in [9.17, 15) is 4.39 Å². The van der Waals surface area contributed by atoms with Crippen molar-refractivity contribution < 1.29 is 8.81 Å². The second-order valence-electron chi connectivity index (χ2n) is 4.03. The number of nitrogens with zero attached hydrogens (tertiary/aromatic N) is 1. The third-order valence-electron chi connectivity index (χ3n) is 2.53. The molecule has 0 unspecified atom stereocenters.